The molecule has 0 N–H and O–H groups in total. The van der Waals surface area contributed by atoms with Crippen molar-refractivity contribution in [3.63, 3.8) is 0 Å². The molecule has 0 amide bonds. The summed E-state index contributed by atoms with van der Waals surface area (Å²) in [4.78, 5) is 24.2. The Hall–Kier alpha value is -3.44. The van der Waals surface area contributed by atoms with Gasteiger partial charge in [-0.25, -0.2) is 9.59 Å². The highest BCUT2D eigenvalue weighted by atomic mass is 16.7. The van der Waals surface area contributed by atoms with Crippen LogP contribution < -0.4 is 0 Å². The van der Waals surface area contributed by atoms with Crippen molar-refractivity contribution in [1.82, 2.24) is 0 Å². The predicted molar refractivity (Wildman–Crippen MR) is 107 cm³/mol. The molecule has 0 aliphatic carbocycles. The summed E-state index contributed by atoms with van der Waals surface area (Å²) in [5, 5.41) is 1.81. The highest BCUT2D eigenvalue weighted by Crippen LogP contribution is 2.19. The molecule has 3 rings (SSSR count). The van der Waals surface area contributed by atoms with Crippen LogP contribution >= 0.6 is 0 Å². The number of hydrogen-bond acceptors (Lipinski definition) is 5. The first-order chi connectivity index (χ1) is 13.7. The van der Waals surface area contributed by atoms with Crippen molar-refractivity contribution in [2.45, 2.75) is 0 Å². The van der Waals surface area contributed by atoms with E-state index in [-0.39, 0.29) is 25.6 Å². The molecule has 0 fully saturated rings. The second-order valence-electron chi connectivity index (χ2n) is 5.97. The third-order valence-electron chi connectivity index (χ3n) is 4.11. The summed E-state index contributed by atoms with van der Waals surface area (Å²) in [7, 11) is 0. The van der Waals surface area contributed by atoms with Crippen LogP contribution in [0.15, 0.2) is 79.4 Å². The van der Waals surface area contributed by atoms with Crippen molar-refractivity contribution in [2.24, 2.45) is 0 Å². The van der Waals surface area contributed by atoms with E-state index in [2.05, 4.69) is 6.58 Å². The van der Waals surface area contributed by atoms with E-state index in [9.17, 15) is 9.59 Å². The highest BCUT2D eigenvalue weighted by Gasteiger charge is 2.12. The van der Waals surface area contributed by atoms with Gasteiger partial charge in [-0.1, -0.05) is 73.3 Å². The Morgan fingerprint density at radius 1 is 0.786 bits per heavy atom. The van der Waals surface area contributed by atoms with Crippen LogP contribution in [-0.4, -0.2) is 31.9 Å². The van der Waals surface area contributed by atoms with Gasteiger partial charge in [0.1, 0.15) is 6.61 Å². The van der Waals surface area contributed by atoms with Gasteiger partial charge in [-0.05, 0) is 22.4 Å². The van der Waals surface area contributed by atoms with E-state index < -0.39 is 11.9 Å². The lowest BCUT2D eigenvalue weighted by molar-refractivity contribution is -0.149. The van der Waals surface area contributed by atoms with E-state index in [0.717, 1.165) is 10.8 Å². The van der Waals surface area contributed by atoms with Crippen molar-refractivity contribution < 1.29 is 23.8 Å². The molecule has 0 heterocycles. The summed E-state index contributed by atoms with van der Waals surface area (Å²) in [5.74, 6) is -0.978. The average molecular weight is 376 g/mol. The number of carbonyl (C=O) groups is 2. The van der Waals surface area contributed by atoms with E-state index in [1.807, 2.05) is 54.6 Å². The van der Waals surface area contributed by atoms with Gasteiger partial charge >= 0.3 is 11.9 Å². The second-order valence-corrected chi connectivity index (χ2v) is 5.97. The minimum Gasteiger partial charge on any atom is -0.460 e. The van der Waals surface area contributed by atoms with Gasteiger partial charge in [0.2, 0.25) is 0 Å². The monoisotopic (exact) mass is 376 g/mol. The second kappa shape index (κ2) is 9.48. The van der Waals surface area contributed by atoms with Gasteiger partial charge in [-0.15, -0.1) is 0 Å². The molecule has 3 aromatic carbocycles. The van der Waals surface area contributed by atoms with Crippen molar-refractivity contribution in [3.05, 3.63) is 90.5 Å². The zero-order valence-corrected chi connectivity index (χ0v) is 15.3. The summed E-state index contributed by atoms with van der Waals surface area (Å²) in [5.41, 5.74) is 1.45. The maximum absolute atomic E-state index is 12.3. The van der Waals surface area contributed by atoms with E-state index in [4.69, 9.17) is 14.2 Å². The number of ether oxygens (including phenoxy) is 3. The minimum absolute atomic E-state index is 0.0548. The number of hydrogen-bond donors (Lipinski definition) is 0. The van der Waals surface area contributed by atoms with Gasteiger partial charge in [0.05, 0.1) is 17.7 Å². The van der Waals surface area contributed by atoms with Crippen LogP contribution in [-0.2, 0) is 19.0 Å². The van der Waals surface area contributed by atoms with Gasteiger partial charge in [-0.2, -0.15) is 0 Å². The van der Waals surface area contributed by atoms with Crippen molar-refractivity contribution in [1.29, 1.82) is 0 Å². The standard InChI is InChI=1S/C23H20O5/c1-17(18-8-3-2-4-9-18)22(24)28-16-26-14-15-27-23(25)21-13-7-11-19-10-5-6-12-20(19)21/h2-13H,1,14-16H2. The van der Waals surface area contributed by atoms with E-state index >= 15 is 0 Å². The minimum atomic E-state index is -0.557. The fourth-order valence-electron chi connectivity index (χ4n) is 2.67. The molecular weight excluding hydrogens is 356 g/mol. The number of benzene rings is 3. The van der Waals surface area contributed by atoms with Crippen LogP contribution in [0.5, 0.6) is 0 Å². The zero-order valence-electron chi connectivity index (χ0n) is 15.3. The molecule has 0 bridgehead atoms. The van der Waals surface area contributed by atoms with Crippen molar-refractivity contribution >= 4 is 28.3 Å². The van der Waals surface area contributed by atoms with E-state index in [1.165, 1.54) is 0 Å². The lowest BCUT2D eigenvalue weighted by Crippen LogP contribution is -2.14. The maximum atomic E-state index is 12.3. The zero-order chi connectivity index (χ0) is 19.8. The topological polar surface area (TPSA) is 61.8 Å². The Bertz CT molecular complexity index is 973. The first-order valence-electron chi connectivity index (χ1n) is 8.81. The number of rotatable bonds is 8. The molecule has 3 aromatic rings. The first kappa shape index (κ1) is 19.3. The van der Waals surface area contributed by atoms with Gasteiger partial charge < -0.3 is 14.2 Å². The molecule has 0 unspecified atom stereocenters. The first-order valence-corrected chi connectivity index (χ1v) is 8.81. The summed E-state index contributed by atoms with van der Waals surface area (Å²) < 4.78 is 15.4. The van der Waals surface area contributed by atoms with Gasteiger partial charge in [-0.3, -0.25) is 0 Å². The number of esters is 2. The van der Waals surface area contributed by atoms with E-state index in [1.54, 1.807) is 18.2 Å². The Morgan fingerprint density at radius 3 is 2.32 bits per heavy atom. The molecule has 0 aliphatic rings. The molecule has 0 saturated carbocycles. The molecule has 0 aliphatic heterocycles. The quantitative estimate of drug-likeness (QED) is 0.255. The van der Waals surface area contributed by atoms with Crippen LogP contribution in [0, 0.1) is 0 Å². The molecule has 28 heavy (non-hydrogen) atoms. The Morgan fingerprint density at radius 2 is 1.50 bits per heavy atom. The SMILES string of the molecule is C=C(C(=O)OCOCCOC(=O)c1cccc2ccccc12)c1ccccc1. The van der Waals surface area contributed by atoms with Crippen LogP contribution in [0.25, 0.3) is 16.3 Å². The summed E-state index contributed by atoms with van der Waals surface area (Å²) in [6, 6.07) is 22.1. The number of fused-ring (bicyclic) bond motifs is 1. The fourth-order valence-corrected chi connectivity index (χ4v) is 2.67. The van der Waals surface area contributed by atoms with Crippen LogP contribution in [0.4, 0.5) is 0 Å². The Kier molecular flexibility index (Phi) is 6.54. The highest BCUT2D eigenvalue weighted by molar-refractivity contribution is 6.15. The van der Waals surface area contributed by atoms with Crippen LogP contribution in [0.1, 0.15) is 15.9 Å². The van der Waals surface area contributed by atoms with E-state index in [0.29, 0.717) is 11.1 Å². The summed E-state index contributed by atoms with van der Waals surface area (Å²) in [6.45, 7) is 3.65. The molecule has 0 spiro atoms. The molecule has 5 heteroatoms. The van der Waals surface area contributed by atoms with Crippen molar-refractivity contribution in [2.75, 3.05) is 20.0 Å². The molecule has 0 saturated heterocycles. The predicted octanol–water partition coefficient (Wildman–Crippen LogP) is 4.23. The molecular formula is C23H20O5. The van der Waals surface area contributed by atoms with Gasteiger partial charge in [0.15, 0.2) is 6.79 Å². The van der Waals surface area contributed by atoms with Crippen LogP contribution in [0.2, 0.25) is 0 Å². The largest absolute Gasteiger partial charge is 0.460 e. The van der Waals surface area contributed by atoms with Gasteiger partial charge in [0.25, 0.3) is 0 Å². The Balaban J connectivity index is 1.39. The smallest absolute Gasteiger partial charge is 0.340 e. The molecule has 5 nitrogen and oxygen atoms in total. The molecule has 0 radical (unpaired) electrons. The molecule has 142 valence electrons. The lowest BCUT2D eigenvalue weighted by Gasteiger charge is -2.09. The van der Waals surface area contributed by atoms with Crippen molar-refractivity contribution in [3.8, 4) is 0 Å². The van der Waals surface area contributed by atoms with Gasteiger partial charge in [0, 0.05) is 0 Å². The maximum Gasteiger partial charge on any atom is 0.340 e. The number of carbonyl (C=O) groups excluding carboxylic acids is 2. The summed E-state index contributed by atoms with van der Waals surface area (Å²) in [6.07, 6.45) is 0. The van der Waals surface area contributed by atoms with Crippen LogP contribution in [0.3, 0.4) is 0 Å². The summed E-state index contributed by atoms with van der Waals surface area (Å²) >= 11 is 0. The lowest BCUT2D eigenvalue weighted by atomic mass is 10.1. The average Bonchev–Trinajstić information content (AvgIpc) is 2.75. The third-order valence-corrected chi connectivity index (χ3v) is 4.11. The fraction of sp³-hybridized carbons (Fsp3) is 0.130. The normalized spacial score (nSPS) is 10.4. The Labute approximate surface area is 163 Å². The third kappa shape index (κ3) is 4.84. The molecule has 0 aromatic heterocycles. The molecule has 0 atom stereocenters.